The van der Waals surface area contributed by atoms with Gasteiger partial charge in [0, 0.05) is 13.0 Å². The molecule has 92 valence electrons. The molecule has 8 nitrogen and oxygen atoms in total. The van der Waals surface area contributed by atoms with E-state index >= 15 is 0 Å². The number of nitrogen functional groups attached to an aromatic ring is 1. The molecule has 3 amide bonds. The summed E-state index contributed by atoms with van der Waals surface area (Å²) in [6.45, 7) is 0.321. The Morgan fingerprint density at radius 2 is 2.17 bits per heavy atom. The maximum atomic E-state index is 11.8. The lowest BCUT2D eigenvalue weighted by molar-refractivity contribution is -0.120. The van der Waals surface area contributed by atoms with Crippen LogP contribution in [0.4, 0.5) is 16.3 Å². The van der Waals surface area contributed by atoms with Gasteiger partial charge in [-0.05, 0) is 12.1 Å². The second-order valence-electron chi connectivity index (χ2n) is 3.93. The van der Waals surface area contributed by atoms with Gasteiger partial charge in [-0.3, -0.25) is 19.4 Å². The zero-order valence-corrected chi connectivity index (χ0v) is 9.33. The van der Waals surface area contributed by atoms with E-state index in [1.807, 2.05) is 0 Å². The highest BCUT2D eigenvalue weighted by atomic mass is 16.2. The summed E-state index contributed by atoms with van der Waals surface area (Å²) in [6, 6.07) is 2.90. The monoisotopic (exact) mass is 246 g/mol. The molecule has 18 heavy (non-hydrogen) atoms. The third-order valence-electron chi connectivity index (χ3n) is 2.80. The first-order chi connectivity index (χ1) is 8.66. The van der Waals surface area contributed by atoms with Crippen LogP contribution in [0.2, 0.25) is 0 Å². The Balaban J connectivity index is 2.09. The van der Waals surface area contributed by atoms with Crippen molar-refractivity contribution >= 4 is 29.1 Å². The van der Waals surface area contributed by atoms with Crippen LogP contribution in [0.3, 0.4) is 0 Å². The number of hydrogen-bond donors (Lipinski definition) is 2. The molecule has 3 N–H and O–H groups in total. The first-order valence-electron chi connectivity index (χ1n) is 5.36. The van der Waals surface area contributed by atoms with Crippen molar-refractivity contribution in [3.63, 3.8) is 0 Å². The Morgan fingerprint density at radius 1 is 1.33 bits per heavy atom. The van der Waals surface area contributed by atoms with Gasteiger partial charge in [-0.1, -0.05) is 0 Å². The molecule has 2 aromatic heterocycles. The summed E-state index contributed by atoms with van der Waals surface area (Å²) >= 11 is 0. The second kappa shape index (κ2) is 3.69. The van der Waals surface area contributed by atoms with Crippen molar-refractivity contribution in [2.45, 2.75) is 6.42 Å². The molecule has 3 rings (SSSR count). The SMILES string of the molecule is Nc1ccc(N2CCC(=O)NC2=O)n2cnnc12. The van der Waals surface area contributed by atoms with Crippen molar-refractivity contribution in [1.29, 1.82) is 0 Å². The first-order valence-corrected chi connectivity index (χ1v) is 5.36. The number of rotatable bonds is 1. The minimum Gasteiger partial charge on any atom is -0.396 e. The van der Waals surface area contributed by atoms with Crippen LogP contribution in [-0.4, -0.2) is 33.1 Å². The number of aromatic nitrogens is 3. The smallest absolute Gasteiger partial charge is 0.329 e. The normalized spacial score (nSPS) is 16.1. The Morgan fingerprint density at radius 3 is 2.94 bits per heavy atom. The number of fused-ring (bicyclic) bond motifs is 1. The van der Waals surface area contributed by atoms with E-state index in [0.717, 1.165) is 0 Å². The first kappa shape index (κ1) is 10.5. The number of amides is 3. The fourth-order valence-electron chi connectivity index (χ4n) is 1.92. The number of urea groups is 1. The quantitative estimate of drug-likeness (QED) is 0.722. The largest absolute Gasteiger partial charge is 0.396 e. The molecule has 3 heterocycles. The average Bonchev–Trinajstić information content (AvgIpc) is 2.81. The van der Waals surface area contributed by atoms with Crippen molar-refractivity contribution in [2.75, 3.05) is 17.2 Å². The highest BCUT2D eigenvalue weighted by Crippen LogP contribution is 2.21. The number of carbonyl (C=O) groups excluding carboxylic acids is 2. The molecule has 0 saturated carbocycles. The Kier molecular flexibility index (Phi) is 2.15. The summed E-state index contributed by atoms with van der Waals surface area (Å²) in [4.78, 5) is 24.3. The molecular formula is C10H10N6O2. The molecule has 1 fully saturated rings. The van der Waals surface area contributed by atoms with Crippen LogP contribution in [0, 0.1) is 0 Å². The van der Waals surface area contributed by atoms with Crippen LogP contribution in [0.1, 0.15) is 6.42 Å². The van der Waals surface area contributed by atoms with E-state index in [9.17, 15) is 9.59 Å². The van der Waals surface area contributed by atoms with Crippen LogP contribution >= 0.6 is 0 Å². The van der Waals surface area contributed by atoms with E-state index in [1.165, 1.54) is 11.2 Å². The number of carbonyl (C=O) groups is 2. The zero-order chi connectivity index (χ0) is 12.7. The Labute approximate surface area is 101 Å². The van der Waals surface area contributed by atoms with Crippen molar-refractivity contribution in [1.82, 2.24) is 19.9 Å². The van der Waals surface area contributed by atoms with E-state index < -0.39 is 6.03 Å². The minimum absolute atomic E-state index is 0.264. The van der Waals surface area contributed by atoms with Crippen molar-refractivity contribution in [3.05, 3.63) is 18.5 Å². The summed E-state index contributed by atoms with van der Waals surface area (Å²) in [5, 5.41) is 9.90. The number of anilines is 2. The van der Waals surface area contributed by atoms with Crippen molar-refractivity contribution in [3.8, 4) is 0 Å². The summed E-state index contributed by atoms with van der Waals surface area (Å²) in [5.74, 6) is 0.306. The number of pyridine rings is 1. The lowest BCUT2D eigenvalue weighted by Crippen LogP contribution is -2.50. The van der Waals surface area contributed by atoms with Gasteiger partial charge in [0.15, 0.2) is 5.65 Å². The predicted molar refractivity (Wildman–Crippen MR) is 62.9 cm³/mol. The number of nitrogens with two attached hydrogens (primary N) is 1. The topological polar surface area (TPSA) is 106 Å². The molecule has 1 aliphatic rings. The predicted octanol–water partition coefficient (Wildman–Crippen LogP) is -0.242. The fourth-order valence-corrected chi connectivity index (χ4v) is 1.92. The molecule has 0 radical (unpaired) electrons. The van der Waals surface area contributed by atoms with Crippen LogP contribution in [-0.2, 0) is 4.79 Å². The summed E-state index contributed by atoms with van der Waals surface area (Å²) in [6.07, 6.45) is 1.74. The maximum Gasteiger partial charge on any atom is 0.329 e. The molecule has 0 aliphatic carbocycles. The second-order valence-corrected chi connectivity index (χ2v) is 3.93. The third kappa shape index (κ3) is 1.46. The Bertz CT molecular complexity index is 649. The average molecular weight is 246 g/mol. The van der Waals surface area contributed by atoms with E-state index in [0.29, 0.717) is 23.7 Å². The van der Waals surface area contributed by atoms with E-state index in [1.54, 1.807) is 16.5 Å². The molecule has 8 heteroatoms. The molecule has 1 saturated heterocycles. The van der Waals surface area contributed by atoms with Gasteiger partial charge in [0.05, 0.1) is 5.69 Å². The summed E-state index contributed by atoms with van der Waals surface area (Å²) in [5.41, 5.74) is 6.72. The van der Waals surface area contributed by atoms with E-state index in [2.05, 4.69) is 15.5 Å². The highest BCUT2D eigenvalue weighted by molar-refractivity contribution is 6.05. The van der Waals surface area contributed by atoms with Gasteiger partial charge in [0.1, 0.15) is 12.1 Å². The van der Waals surface area contributed by atoms with E-state index in [4.69, 9.17) is 5.73 Å². The minimum atomic E-state index is -0.453. The molecular weight excluding hydrogens is 236 g/mol. The molecule has 2 aromatic rings. The van der Waals surface area contributed by atoms with Crippen LogP contribution in [0.15, 0.2) is 18.5 Å². The standard InChI is InChI=1S/C10H10N6O2/c11-6-1-2-8(16-5-12-14-9(6)16)15-4-3-7(17)13-10(15)18/h1-2,5H,3-4,11H2,(H,13,17,18). The number of imide groups is 1. The molecule has 0 spiro atoms. The zero-order valence-electron chi connectivity index (χ0n) is 9.33. The summed E-state index contributed by atoms with van der Waals surface area (Å²) < 4.78 is 1.62. The Hall–Kier alpha value is -2.64. The third-order valence-corrected chi connectivity index (χ3v) is 2.80. The fraction of sp³-hybridized carbons (Fsp3) is 0.200. The van der Waals surface area contributed by atoms with E-state index in [-0.39, 0.29) is 12.3 Å². The molecule has 0 aromatic carbocycles. The van der Waals surface area contributed by atoms with Gasteiger partial charge in [0.25, 0.3) is 0 Å². The summed E-state index contributed by atoms with van der Waals surface area (Å²) in [7, 11) is 0. The van der Waals surface area contributed by atoms with Gasteiger partial charge in [-0.2, -0.15) is 0 Å². The molecule has 0 atom stereocenters. The van der Waals surface area contributed by atoms with Crippen LogP contribution in [0.25, 0.3) is 5.65 Å². The number of nitrogens with one attached hydrogen (secondary N) is 1. The van der Waals surface area contributed by atoms with Gasteiger partial charge in [0.2, 0.25) is 5.91 Å². The highest BCUT2D eigenvalue weighted by Gasteiger charge is 2.26. The molecule has 1 aliphatic heterocycles. The van der Waals surface area contributed by atoms with Crippen LogP contribution < -0.4 is 16.0 Å². The lowest BCUT2D eigenvalue weighted by Gasteiger charge is -2.26. The van der Waals surface area contributed by atoms with Crippen LogP contribution in [0.5, 0.6) is 0 Å². The van der Waals surface area contributed by atoms with Gasteiger partial charge >= 0.3 is 6.03 Å². The lowest BCUT2D eigenvalue weighted by atomic mass is 10.3. The number of nitrogens with zero attached hydrogens (tertiary/aromatic N) is 4. The van der Waals surface area contributed by atoms with Crippen molar-refractivity contribution in [2.24, 2.45) is 0 Å². The number of hydrogen-bond acceptors (Lipinski definition) is 5. The molecule has 0 unspecified atom stereocenters. The maximum absolute atomic E-state index is 11.8. The van der Waals surface area contributed by atoms with Gasteiger partial charge in [-0.25, -0.2) is 4.79 Å². The molecule has 0 bridgehead atoms. The van der Waals surface area contributed by atoms with Crippen molar-refractivity contribution < 1.29 is 9.59 Å². The van der Waals surface area contributed by atoms with Gasteiger partial charge < -0.3 is 5.73 Å². The van der Waals surface area contributed by atoms with Gasteiger partial charge in [-0.15, -0.1) is 10.2 Å².